The van der Waals surface area contributed by atoms with E-state index in [-0.39, 0.29) is 13.2 Å². The van der Waals surface area contributed by atoms with Crippen molar-refractivity contribution in [3.05, 3.63) is 0 Å². The predicted octanol–water partition coefficient (Wildman–Crippen LogP) is -2.51. The Morgan fingerprint density at radius 2 is 1.36 bits per heavy atom. The standard InChI is InChI=1S/C4H11NO2.BFH2O2/c6-3-1-5-2-4-7;2-1(3)4/h5-7H,1-4H2;3-4H. The fourth-order valence-corrected chi connectivity index (χ4v) is 0.283. The van der Waals surface area contributed by atoms with E-state index in [2.05, 4.69) is 5.32 Å². The summed E-state index contributed by atoms with van der Waals surface area (Å²) in [6.45, 7) is 1.42. The highest BCUT2D eigenvalue weighted by Gasteiger charge is 1.97. The average molecular weight is 169 g/mol. The lowest BCUT2D eigenvalue weighted by Gasteiger charge is -1.94. The van der Waals surface area contributed by atoms with Gasteiger partial charge in [0.15, 0.2) is 0 Å². The number of aliphatic hydroxyl groups excluding tert-OH is 2. The molecule has 68 valence electrons. The van der Waals surface area contributed by atoms with E-state index in [9.17, 15) is 4.32 Å². The summed E-state index contributed by atoms with van der Waals surface area (Å²) in [6.07, 6.45) is 0. The molecule has 7 heteroatoms. The van der Waals surface area contributed by atoms with Crippen LogP contribution in [0.1, 0.15) is 0 Å². The van der Waals surface area contributed by atoms with Crippen molar-refractivity contribution in [3.63, 3.8) is 0 Å². The molecule has 5 nitrogen and oxygen atoms in total. The minimum absolute atomic E-state index is 0.139. The largest absolute Gasteiger partial charge is 0.674 e. The SMILES string of the molecule is OB(O)F.OCCNCCO. The van der Waals surface area contributed by atoms with Gasteiger partial charge in [-0.25, -0.2) is 0 Å². The monoisotopic (exact) mass is 169 g/mol. The number of hydrogen-bond acceptors (Lipinski definition) is 5. The molecule has 0 saturated heterocycles. The zero-order valence-electron chi connectivity index (χ0n) is 6.07. The molecule has 5 N–H and O–H groups in total. The lowest BCUT2D eigenvalue weighted by atomic mass is 10.3. The van der Waals surface area contributed by atoms with E-state index in [4.69, 9.17) is 20.3 Å². The van der Waals surface area contributed by atoms with Crippen molar-refractivity contribution in [2.24, 2.45) is 0 Å². The van der Waals surface area contributed by atoms with Crippen LogP contribution in [0.2, 0.25) is 0 Å². The zero-order chi connectivity index (χ0) is 9.11. The van der Waals surface area contributed by atoms with Crippen LogP contribution in [0.15, 0.2) is 0 Å². The highest BCUT2D eigenvalue weighted by Crippen LogP contribution is 1.57. The van der Waals surface area contributed by atoms with Crippen LogP contribution < -0.4 is 5.32 Å². The smallest absolute Gasteiger partial charge is 0.398 e. The Kier molecular flexibility index (Phi) is 15.2. The molecule has 0 rings (SSSR count). The molecule has 0 aromatic heterocycles. The molecule has 0 aliphatic carbocycles. The first kappa shape index (κ1) is 13.4. The second kappa shape index (κ2) is 12.5. The molecule has 0 bridgehead atoms. The Morgan fingerprint density at radius 1 is 1.09 bits per heavy atom. The van der Waals surface area contributed by atoms with Crippen LogP contribution in [0.5, 0.6) is 0 Å². The molecule has 0 aromatic carbocycles. The fraction of sp³-hybridized carbons (Fsp3) is 1.00. The molecule has 0 heterocycles. The van der Waals surface area contributed by atoms with Crippen molar-refractivity contribution >= 4 is 7.40 Å². The van der Waals surface area contributed by atoms with Crippen LogP contribution >= 0.6 is 0 Å². The molecule has 0 spiro atoms. The third-order valence-corrected chi connectivity index (χ3v) is 0.577. The summed E-state index contributed by atoms with van der Waals surface area (Å²) in [5.41, 5.74) is 0. The molecule has 0 aliphatic heterocycles. The lowest BCUT2D eigenvalue weighted by Crippen LogP contribution is -2.21. The number of hydrogen-bond donors (Lipinski definition) is 5. The van der Waals surface area contributed by atoms with Crippen molar-refractivity contribution in [1.29, 1.82) is 0 Å². The predicted molar refractivity (Wildman–Crippen MR) is 38.3 cm³/mol. The number of halogens is 1. The van der Waals surface area contributed by atoms with Gasteiger partial charge in [-0.1, -0.05) is 0 Å². The van der Waals surface area contributed by atoms with Gasteiger partial charge in [-0.2, -0.15) is 0 Å². The molecule has 0 unspecified atom stereocenters. The zero-order valence-corrected chi connectivity index (χ0v) is 6.07. The first-order chi connectivity index (χ1) is 5.15. The van der Waals surface area contributed by atoms with E-state index < -0.39 is 7.40 Å². The minimum Gasteiger partial charge on any atom is -0.398 e. The molecule has 0 fully saturated rings. The summed E-state index contributed by atoms with van der Waals surface area (Å²) in [5, 5.41) is 33.0. The van der Waals surface area contributed by atoms with Gasteiger partial charge in [0.1, 0.15) is 0 Å². The van der Waals surface area contributed by atoms with Crippen LogP contribution in [-0.4, -0.2) is 54.0 Å². The van der Waals surface area contributed by atoms with Gasteiger partial charge in [-0.05, 0) is 0 Å². The topological polar surface area (TPSA) is 93.0 Å². The highest BCUT2D eigenvalue weighted by atomic mass is 19.1. The van der Waals surface area contributed by atoms with Crippen molar-refractivity contribution < 1.29 is 24.6 Å². The average Bonchev–Trinajstić information content (AvgIpc) is 1.88. The van der Waals surface area contributed by atoms with E-state index in [1.165, 1.54) is 0 Å². The quantitative estimate of drug-likeness (QED) is 0.236. The van der Waals surface area contributed by atoms with Gasteiger partial charge in [0.2, 0.25) is 0 Å². The normalized spacial score (nSPS) is 8.45. The Hall–Kier alpha value is -0.205. The first-order valence-corrected chi connectivity index (χ1v) is 3.07. The molecule has 0 saturated carbocycles. The summed E-state index contributed by atoms with van der Waals surface area (Å²) in [5.74, 6) is 0. The van der Waals surface area contributed by atoms with E-state index in [0.29, 0.717) is 13.1 Å². The van der Waals surface area contributed by atoms with Gasteiger partial charge in [-0.3, -0.25) is 4.32 Å². The Bertz CT molecular complexity index is 61.3. The van der Waals surface area contributed by atoms with Crippen molar-refractivity contribution in [3.8, 4) is 0 Å². The molecule has 0 amide bonds. The van der Waals surface area contributed by atoms with Gasteiger partial charge in [0, 0.05) is 13.1 Å². The van der Waals surface area contributed by atoms with Gasteiger partial charge in [0.05, 0.1) is 13.2 Å². The van der Waals surface area contributed by atoms with Crippen molar-refractivity contribution in [1.82, 2.24) is 5.32 Å². The van der Waals surface area contributed by atoms with Crippen LogP contribution in [0.3, 0.4) is 0 Å². The summed E-state index contributed by atoms with van der Waals surface area (Å²) >= 11 is 0. The van der Waals surface area contributed by atoms with Gasteiger partial charge in [0.25, 0.3) is 0 Å². The minimum atomic E-state index is -2.67. The maximum absolute atomic E-state index is 10.1. The fourth-order valence-electron chi connectivity index (χ4n) is 0.283. The summed E-state index contributed by atoms with van der Waals surface area (Å²) in [6, 6.07) is 0. The van der Waals surface area contributed by atoms with E-state index >= 15 is 0 Å². The third-order valence-electron chi connectivity index (χ3n) is 0.577. The van der Waals surface area contributed by atoms with E-state index in [1.807, 2.05) is 0 Å². The molecule has 0 aromatic rings. The summed E-state index contributed by atoms with van der Waals surface area (Å²) < 4.78 is 10.1. The number of aliphatic hydroxyl groups is 2. The molecular weight excluding hydrogens is 156 g/mol. The second-order valence-corrected chi connectivity index (χ2v) is 1.51. The van der Waals surface area contributed by atoms with Crippen LogP contribution in [-0.2, 0) is 0 Å². The number of rotatable bonds is 4. The highest BCUT2D eigenvalue weighted by molar-refractivity contribution is 6.31. The van der Waals surface area contributed by atoms with Crippen molar-refractivity contribution in [2.45, 2.75) is 0 Å². The van der Waals surface area contributed by atoms with Crippen LogP contribution in [0.4, 0.5) is 4.32 Å². The van der Waals surface area contributed by atoms with E-state index in [1.54, 1.807) is 0 Å². The lowest BCUT2D eigenvalue weighted by molar-refractivity contribution is 0.266. The van der Waals surface area contributed by atoms with Crippen molar-refractivity contribution in [2.75, 3.05) is 26.3 Å². The van der Waals surface area contributed by atoms with Crippen LogP contribution in [0, 0.1) is 0 Å². The summed E-state index contributed by atoms with van der Waals surface area (Å²) in [4.78, 5) is 0. The maximum atomic E-state index is 10.1. The van der Waals surface area contributed by atoms with Gasteiger partial charge in [-0.15, -0.1) is 0 Å². The Balaban J connectivity index is 0. The Morgan fingerprint density at radius 3 is 1.55 bits per heavy atom. The third kappa shape index (κ3) is 41.3. The van der Waals surface area contributed by atoms with Crippen LogP contribution in [0.25, 0.3) is 0 Å². The molecule has 0 radical (unpaired) electrons. The maximum Gasteiger partial charge on any atom is 0.674 e. The molecule has 0 atom stereocenters. The summed E-state index contributed by atoms with van der Waals surface area (Å²) in [7, 11) is -2.67. The molecular formula is C4H13BFNO4. The van der Waals surface area contributed by atoms with Gasteiger partial charge >= 0.3 is 7.40 Å². The number of nitrogens with one attached hydrogen (secondary N) is 1. The van der Waals surface area contributed by atoms with Gasteiger partial charge < -0.3 is 25.6 Å². The second-order valence-electron chi connectivity index (χ2n) is 1.51. The molecule has 0 aliphatic rings. The first-order valence-electron chi connectivity index (χ1n) is 3.07. The van der Waals surface area contributed by atoms with E-state index in [0.717, 1.165) is 0 Å². The Labute approximate surface area is 64.7 Å². The molecule has 11 heavy (non-hydrogen) atoms.